The normalized spacial score (nSPS) is 12.0. The van der Waals surface area contributed by atoms with Gasteiger partial charge in [0, 0.05) is 6.07 Å². The fourth-order valence-corrected chi connectivity index (χ4v) is 2.32. The summed E-state index contributed by atoms with van der Waals surface area (Å²) < 4.78 is 26.4. The minimum Gasteiger partial charge on any atom is -0.368 e. The Morgan fingerprint density at radius 3 is 2.39 bits per heavy atom. The smallest absolute Gasteiger partial charge is 0.254 e. The van der Waals surface area contributed by atoms with Crippen molar-refractivity contribution in [2.24, 2.45) is 5.73 Å². The zero-order valence-electron chi connectivity index (χ0n) is 13.4. The SMILES string of the molecule is CCCCCCCC[C@@H](NC(=O)c1ccc(F)cc1F)C(N)=O. The van der Waals surface area contributed by atoms with Crippen LogP contribution < -0.4 is 11.1 Å². The van der Waals surface area contributed by atoms with E-state index in [9.17, 15) is 18.4 Å². The number of hydrogen-bond donors (Lipinski definition) is 2. The number of nitrogens with one attached hydrogen (secondary N) is 1. The molecule has 0 aliphatic carbocycles. The van der Waals surface area contributed by atoms with Crippen molar-refractivity contribution < 1.29 is 18.4 Å². The van der Waals surface area contributed by atoms with Crippen molar-refractivity contribution in [2.45, 2.75) is 57.9 Å². The molecular weight excluding hydrogens is 302 g/mol. The molecule has 1 aromatic rings. The largest absolute Gasteiger partial charge is 0.368 e. The third-order valence-corrected chi connectivity index (χ3v) is 3.67. The van der Waals surface area contributed by atoms with E-state index in [1.54, 1.807) is 0 Å². The highest BCUT2D eigenvalue weighted by Crippen LogP contribution is 2.12. The van der Waals surface area contributed by atoms with E-state index in [4.69, 9.17) is 5.73 Å². The summed E-state index contributed by atoms with van der Waals surface area (Å²) in [6, 6.07) is 1.81. The Labute approximate surface area is 135 Å². The quantitative estimate of drug-likeness (QED) is 0.648. The van der Waals surface area contributed by atoms with Gasteiger partial charge in [-0.1, -0.05) is 45.4 Å². The van der Waals surface area contributed by atoms with Crippen molar-refractivity contribution in [3.05, 3.63) is 35.4 Å². The van der Waals surface area contributed by atoms with E-state index in [1.807, 2.05) is 0 Å². The fraction of sp³-hybridized carbons (Fsp3) is 0.529. The summed E-state index contributed by atoms with van der Waals surface area (Å²) in [7, 11) is 0. The maximum atomic E-state index is 13.6. The zero-order valence-corrected chi connectivity index (χ0v) is 13.4. The Bertz CT molecular complexity index is 535. The molecule has 0 saturated carbocycles. The van der Waals surface area contributed by atoms with Gasteiger partial charge in [0.05, 0.1) is 5.56 Å². The van der Waals surface area contributed by atoms with Gasteiger partial charge >= 0.3 is 0 Å². The van der Waals surface area contributed by atoms with Gasteiger partial charge in [-0.25, -0.2) is 8.78 Å². The van der Waals surface area contributed by atoms with Gasteiger partial charge < -0.3 is 11.1 Å². The summed E-state index contributed by atoms with van der Waals surface area (Å²) in [5, 5.41) is 2.42. The molecule has 0 fully saturated rings. The maximum Gasteiger partial charge on any atom is 0.254 e. The van der Waals surface area contributed by atoms with E-state index in [2.05, 4.69) is 12.2 Å². The number of carbonyl (C=O) groups is 2. The van der Waals surface area contributed by atoms with E-state index in [1.165, 1.54) is 6.42 Å². The number of hydrogen-bond acceptors (Lipinski definition) is 2. The third kappa shape index (κ3) is 6.76. The number of nitrogens with two attached hydrogens (primary N) is 1. The molecule has 0 heterocycles. The summed E-state index contributed by atoms with van der Waals surface area (Å²) in [4.78, 5) is 23.4. The van der Waals surface area contributed by atoms with Gasteiger partial charge in [0.2, 0.25) is 5.91 Å². The van der Waals surface area contributed by atoms with Crippen LogP contribution in [0.1, 0.15) is 62.2 Å². The van der Waals surface area contributed by atoms with Crippen LogP contribution in [0.2, 0.25) is 0 Å². The predicted octanol–water partition coefficient (Wildman–Crippen LogP) is 3.30. The van der Waals surface area contributed by atoms with Gasteiger partial charge in [0.15, 0.2) is 0 Å². The lowest BCUT2D eigenvalue weighted by Gasteiger charge is -2.15. The van der Waals surface area contributed by atoms with Gasteiger partial charge in [-0.15, -0.1) is 0 Å². The first-order valence-corrected chi connectivity index (χ1v) is 8.01. The van der Waals surface area contributed by atoms with Gasteiger partial charge in [-0.2, -0.15) is 0 Å². The lowest BCUT2D eigenvalue weighted by molar-refractivity contribution is -0.120. The number of primary amides is 1. The topological polar surface area (TPSA) is 72.2 Å². The molecule has 3 N–H and O–H groups in total. The molecule has 0 bridgehead atoms. The van der Waals surface area contributed by atoms with E-state index in [0.29, 0.717) is 12.5 Å². The Balaban J connectivity index is 2.51. The maximum absolute atomic E-state index is 13.6. The number of carbonyl (C=O) groups excluding carboxylic acids is 2. The first-order chi connectivity index (χ1) is 11.0. The first-order valence-electron chi connectivity index (χ1n) is 8.01. The number of unbranched alkanes of at least 4 members (excludes halogenated alkanes) is 5. The second-order valence-corrected chi connectivity index (χ2v) is 5.61. The highest BCUT2D eigenvalue weighted by atomic mass is 19.1. The molecule has 0 aliphatic rings. The Kier molecular flexibility index (Phi) is 8.22. The molecule has 2 amide bonds. The highest BCUT2D eigenvalue weighted by molar-refractivity contribution is 5.97. The number of amides is 2. The zero-order chi connectivity index (χ0) is 17.2. The molecule has 6 heteroatoms. The van der Waals surface area contributed by atoms with Crippen molar-refractivity contribution in [1.29, 1.82) is 0 Å². The summed E-state index contributed by atoms with van der Waals surface area (Å²) in [6.07, 6.45) is 6.66. The minimum absolute atomic E-state index is 0.305. The summed E-state index contributed by atoms with van der Waals surface area (Å²) in [5.74, 6) is -3.16. The molecule has 1 rings (SSSR count). The molecule has 0 saturated heterocycles. The van der Waals surface area contributed by atoms with Gasteiger partial charge in [0.25, 0.3) is 5.91 Å². The number of rotatable bonds is 10. The van der Waals surface area contributed by atoms with Gasteiger partial charge in [-0.05, 0) is 18.6 Å². The van der Waals surface area contributed by atoms with Crippen LogP contribution in [0.4, 0.5) is 8.78 Å². The molecule has 23 heavy (non-hydrogen) atoms. The van der Waals surface area contributed by atoms with Crippen LogP contribution in [-0.4, -0.2) is 17.9 Å². The fourth-order valence-electron chi connectivity index (χ4n) is 2.32. The monoisotopic (exact) mass is 326 g/mol. The van der Waals surface area contributed by atoms with Crippen molar-refractivity contribution >= 4 is 11.8 Å². The second-order valence-electron chi connectivity index (χ2n) is 5.61. The molecular formula is C17H24F2N2O2. The van der Waals surface area contributed by atoms with Crippen molar-refractivity contribution in [2.75, 3.05) is 0 Å². The average molecular weight is 326 g/mol. The molecule has 4 nitrogen and oxygen atoms in total. The second kappa shape index (κ2) is 9.92. The van der Waals surface area contributed by atoms with Crippen LogP contribution in [-0.2, 0) is 4.79 Å². The Morgan fingerprint density at radius 1 is 1.13 bits per heavy atom. The van der Waals surface area contributed by atoms with Crippen LogP contribution in [0, 0.1) is 11.6 Å². The third-order valence-electron chi connectivity index (χ3n) is 3.67. The van der Waals surface area contributed by atoms with Crippen LogP contribution in [0.15, 0.2) is 18.2 Å². The van der Waals surface area contributed by atoms with Crippen LogP contribution in [0.25, 0.3) is 0 Å². The van der Waals surface area contributed by atoms with Crippen molar-refractivity contribution in [1.82, 2.24) is 5.32 Å². The predicted molar refractivity (Wildman–Crippen MR) is 84.8 cm³/mol. The number of halogens is 2. The molecule has 128 valence electrons. The standard InChI is InChI=1S/C17H24F2N2O2/c1-2-3-4-5-6-7-8-15(16(20)22)21-17(23)13-10-9-12(18)11-14(13)19/h9-11,15H,2-8H2,1H3,(H2,20,22)(H,21,23)/t15-/m1/s1. The number of benzene rings is 1. The molecule has 0 unspecified atom stereocenters. The Hall–Kier alpha value is -1.98. The van der Waals surface area contributed by atoms with Gasteiger partial charge in [-0.3, -0.25) is 9.59 Å². The Morgan fingerprint density at radius 2 is 1.78 bits per heavy atom. The lowest BCUT2D eigenvalue weighted by Crippen LogP contribution is -2.44. The first kappa shape index (κ1) is 19.1. The van der Waals surface area contributed by atoms with E-state index in [0.717, 1.165) is 44.2 Å². The summed E-state index contributed by atoms with van der Waals surface area (Å²) >= 11 is 0. The molecule has 0 spiro atoms. The highest BCUT2D eigenvalue weighted by Gasteiger charge is 2.20. The van der Waals surface area contributed by atoms with Crippen LogP contribution in [0.5, 0.6) is 0 Å². The molecule has 0 aliphatic heterocycles. The molecule has 1 atom stereocenters. The van der Waals surface area contributed by atoms with E-state index >= 15 is 0 Å². The molecule has 0 aromatic heterocycles. The van der Waals surface area contributed by atoms with Gasteiger partial charge in [0.1, 0.15) is 17.7 Å². The summed E-state index contributed by atoms with van der Waals surface area (Å²) in [6.45, 7) is 2.13. The van der Waals surface area contributed by atoms with Crippen molar-refractivity contribution in [3.63, 3.8) is 0 Å². The lowest BCUT2D eigenvalue weighted by atomic mass is 10.0. The van der Waals surface area contributed by atoms with E-state index in [-0.39, 0.29) is 5.56 Å². The minimum atomic E-state index is -0.967. The molecule has 1 aromatic carbocycles. The summed E-state index contributed by atoms with van der Waals surface area (Å²) in [5.41, 5.74) is 4.98. The van der Waals surface area contributed by atoms with Crippen LogP contribution in [0.3, 0.4) is 0 Å². The van der Waals surface area contributed by atoms with Crippen molar-refractivity contribution in [3.8, 4) is 0 Å². The van der Waals surface area contributed by atoms with Crippen LogP contribution >= 0.6 is 0 Å². The average Bonchev–Trinajstić information content (AvgIpc) is 2.49. The van der Waals surface area contributed by atoms with E-state index < -0.39 is 29.5 Å². The molecule has 0 radical (unpaired) electrons.